The molecule has 0 saturated heterocycles. The van der Waals surface area contributed by atoms with Crippen LogP contribution in [0.2, 0.25) is 10.2 Å². The molecule has 0 unspecified atom stereocenters. The van der Waals surface area contributed by atoms with E-state index in [1.165, 1.54) is 26.4 Å². The maximum absolute atomic E-state index is 12.2. The van der Waals surface area contributed by atoms with Crippen molar-refractivity contribution in [3.63, 3.8) is 0 Å². The number of nitrogens with one attached hydrogen (secondary N) is 1. The topological polar surface area (TPSA) is 60.5 Å². The number of aromatic nitrogens is 1. The Balaban J connectivity index is 2.25. The predicted molar refractivity (Wildman–Crippen MR) is 81.8 cm³/mol. The van der Waals surface area contributed by atoms with Gasteiger partial charge in [0.15, 0.2) is 11.5 Å². The number of methoxy groups -OCH3 is 2. The fourth-order valence-corrected chi connectivity index (χ4v) is 2.02. The Morgan fingerprint density at radius 2 is 1.81 bits per heavy atom. The first-order chi connectivity index (χ1) is 10.0. The van der Waals surface area contributed by atoms with Crippen LogP contribution in [0.5, 0.6) is 11.5 Å². The second-order valence-corrected chi connectivity index (χ2v) is 4.78. The molecule has 2 rings (SSSR count). The van der Waals surface area contributed by atoms with Crippen LogP contribution in [0.15, 0.2) is 30.3 Å². The van der Waals surface area contributed by atoms with E-state index in [-0.39, 0.29) is 15.9 Å². The molecule has 1 aromatic heterocycles. The molecule has 1 amide bonds. The summed E-state index contributed by atoms with van der Waals surface area (Å²) in [5.41, 5.74) is 0.578. The Hall–Kier alpha value is -1.98. The highest BCUT2D eigenvalue weighted by Gasteiger charge is 2.14. The van der Waals surface area contributed by atoms with E-state index < -0.39 is 5.91 Å². The lowest BCUT2D eigenvalue weighted by Gasteiger charge is -2.10. The summed E-state index contributed by atoms with van der Waals surface area (Å²) in [5, 5.41) is 3.08. The highest BCUT2D eigenvalue weighted by atomic mass is 35.5. The zero-order valence-electron chi connectivity index (χ0n) is 11.3. The third kappa shape index (κ3) is 3.56. The summed E-state index contributed by atoms with van der Waals surface area (Å²) in [5.74, 6) is 0.601. The van der Waals surface area contributed by atoms with Gasteiger partial charge in [-0.05, 0) is 24.3 Å². The number of nitrogens with zero attached hydrogens (tertiary/aromatic N) is 1. The van der Waals surface area contributed by atoms with Gasteiger partial charge in [-0.15, -0.1) is 0 Å². The van der Waals surface area contributed by atoms with Gasteiger partial charge in [-0.2, -0.15) is 0 Å². The number of anilines is 1. The minimum atomic E-state index is -0.463. The summed E-state index contributed by atoms with van der Waals surface area (Å²) in [6.45, 7) is 0. The Labute approximate surface area is 131 Å². The fourth-order valence-electron chi connectivity index (χ4n) is 1.68. The van der Waals surface area contributed by atoms with Gasteiger partial charge in [-0.25, -0.2) is 4.98 Å². The Kier molecular flexibility index (Phi) is 4.88. The van der Waals surface area contributed by atoms with Gasteiger partial charge in [0.1, 0.15) is 10.8 Å². The molecule has 1 aromatic carbocycles. The molecule has 7 heteroatoms. The number of benzene rings is 1. The largest absolute Gasteiger partial charge is 0.493 e. The second-order valence-electron chi connectivity index (χ2n) is 3.99. The van der Waals surface area contributed by atoms with Crippen molar-refractivity contribution in [3.8, 4) is 11.5 Å². The first-order valence-electron chi connectivity index (χ1n) is 5.90. The van der Waals surface area contributed by atoms with Crippen LogP contribution in [-0.4, -0.2) is 25.1 Å². The molecule has 21 heavy (non-hydrogen) atoms. The summed E-state index contributed by atoms with van der Waals surface area (Å²) in [6.07, 6.45) is 0. The van der Waals surface area contributed by atoms with Crippen molar-refractivity contribution >= 4 is 34.8 Å². The van der Waals surface area contributed by atoms with Crippen molar-refractivity contribution < 1.29 is 14.3 Å². The lowest BCUT2D eigenvalue weighted by molar-refractivity contribution is 0.102. The molecular weight excluding hydrogens is 315 g/mol. The molecule has 0 saturated carbocycles. The monoisotopic (exact) mass is 326 g/mol. The molecule has 0 aliphatic carbocycles. The van der Waals surface area contributed by atoms with E-state index in [4.69, 9.17) is 32.7 Å². The van der Waals surface area contributed by atoms with Crippen LogP contribution in [0.25, 0.3) is 0 Å². The van der Waals surface area contributed by atoms with Crippen LogP contribution in [0, 0.1) is 0 Å². The van der Waals surface area contributed by atoms with Gasteiger partial charge in [0.05, 0.1) is 19.2 Å². The molecule has 0 bridgehead atoms. The Bertz CT molecular complexity index is 677. The number of ether oxygens (including phenoxy) is 2. The average Bonchev–Trinajstić information content (AvgIpc) is 2.49. The van der Waals surface area contributed by atoms with E-state index in [9.17, 15) is 4.79 Å². The summed E-state index contributed by atoms with van der Waals surface area (Å²) >= 11 is 11.7. The van der Waals surface area contributed by atoms with E-state index >= 15 is 0 Å². The van der Waals surface area contributed by atoms with Gasteiger partial charge in [0.2, 0.25) is 0 Å². The predicted octanol–water partition coefficient (Wildman–Crippen LogP) is 3.66. The summed E-state index contributed by atoms with van der Waals surface area (Å²) in [7, 11) is 3.05. The van der Waals surface area contributed by atoms with Gasteiger partial charge in [0, 0.05) is 11.8 Å². The van der Waals surface area contributed by atoms with Crippen molar-refractivity contribution in [1.29, 1.82) is 0 Å². The minimum Gasteiger partial charge on any atom is -0.493 e. The highest BCUT2D eigenvalue weighted by Crippen LogP contribution is 2.30. The van der Waals surface area contributed by atoms with Crippen LogP contribution in [0.4, 0.5) is 5.69 Å². The molecule has 0 aliphatic rings. The van der Waals surface area contributed by atoms with Crippen molar-refractivity contribution in [2.45, 2.75) is 0 Å². The van der Waals surface area contributed by atoms with Crippen LogP contribution in [0.3, 0.4) is 0 Å². The third-order valence-electron chi connectivity index (χ3n) is 2.67. The number of rotatable bonds is 4. The number of carbonyl (C=O) groups is 1. The van der Waals surface area contributed by atoms with E-state index in [0.717, 1.165) is 0 Å². The normalized spacial score (nSPS) is 10.1. The molecule has 0 spiro atoms. The fraction of sp³-hybridized carbons (Fsp3) is 0.143. The molecule has 5 nitrogen and oxygen atoms in total. The molecular formula is C14H12Cl2N2O3. The number of hydrogen-bond acceptors (Lipinski definition) is 4. The van der Waals surface area contributed by atoms with Crippen molar-refractivity contribution in [3.05, 3.63) is 46.2 Å². The Morgan fingerprint density at radius 1 is 1.10 bits per heavy atom. The SMILES string of the molecule is COc1ccc(NC(=O)c2nc(Cl)ccc2Cl)cc1OC. The highest BCUT2D eigenvalue weighted by molar-refractivity contribution is 6.35. The maximum Gasteiger partial charge on any atom is 0.275 e. The van der Waals surface area contributed by atoms with Crippen LogP contribution in [0.1, 0.15) is 10.5 Å². The van der Waals surface area contributed by atoms with E-state index in [1.807, 2.05) is 0 Å². The maximum atomic E-state index is 12.2. The number of halogens is 2. The van der Waals surface area contributed by atoms with Crippen LogP contribution in [-0.2, 0) is 0 Å². The number of carbonyl (C=O) groups excluding carboxylic acids is 1. The first kappa shape index (κ1) is 15.4. The van der Waals surface area contributed by atoms with Gasteiger partial charge in [-0.3, -0.25) is 4.79 Å². The van der Waals surface area contributed by atoms with Gasteiger partial charge < -0.3 is 14.8 Å². The van der Waals surface area contributed by atoms with Crippen molar-refractivity contribution in [2.24, 2.45) is 0 Å². The molecule has 2 aromatic rings. The smallest absolute Gasteiger partial charge is 0.275 e. The number of amides is 1. The molecule has 1 heterocycles. The van der Waals surface area contributed by atoms with Gasteiger partial charge in [0.25, 0.3) is 5.91 Å². The third-order valence-corrected chi connectivity index (χ3v) is 3.18. The molecule has 0 aliphatic heterocycles. The van der Waals surface area contributed by atoms with E-state index in [2.05, 4.69) is 10.3 Å². The van der Waals surface area contributed by atoms with E-state index in [1.54, 1.807) is 18.2 Å². The zero-order chi connectivity index (χ0) is 15.4. The molecule has 110 valence electrons. The standard InChI is InChI=1S/C14H12Cl2N2O3/c1-20-10-5-3-8(7-11(10)21-2)17-14(19)13-9(15)4-6-12(16)18-13/h3-7H,1-2H3,(H,17,19). The zero-order valence-corrected chi connectivity index (χ0v) is 12.8. The van der Waals surface area contributed by atoms with Crippen LogP contribution >= 0.6 is 23.2 Å². The summed E-state index contributed by atoms with van der Waals surface area (Å²) in [6, 6.07) is 8.02. The van der Waals surface area contributed by atoms with Crippen molar-refractivity contribution in [2.75, 3.05) is 19.5 Å². The minimum absolute atomic E-state index is 0.0546. The molecule has 0 radical (unpaired) electrons. The van der Waals surface area contributed by atoms with Crippen molar-refractivity contribution in [1.82, 2.24) is 4.98 Å². The Morgan fingerprint density at radius 3 is 2.48 bits per heavy atom. The van der Waals surface area contributed by atoms with Gasteiger partial charge >= 0.3 is 0 Å². The summed E-state index contributed by atoms with van der Waals surface area (Å²) < 4.78 is 10.3. The average molecular weight is 327 g/mol. The molecule has 1 N–H and O–H groups in total. The first-order valence-corrected chi connectivity index (χ1v) is 6.66. The second kappa shape index (κ2) is 6.65. The lowest BCUT2D eigenvalue weighted by atomic mass is 10.2. The molecule has 0 fully saturated rings. The number of hydrogen-bond donors (Lipinski definition) is 1. The van der Waals surface area contributed by atoms with Gasteiger partial charge in [-0.1, -0.05) is 23.2 Å². The summed E-state index contributed by atoms with van der Waals surface area (Å²) in [4.78, 5) is 16.1. The number of pyridine rings is 1. The van der Waals surface area contributed by atoms with Crippen LogP contribution < -0.4 is 14.8 Å². The van der Waals surface area contributed by atoms with E-state index in [0.29, 0.717) is 17.2 Å². The lowest BCUT2D eigenvalue weighted by Crippen LogP contribution is -2.14. The quantitative estimate of drug-likeness (QED) is 0.871. The molecule has 0 atom stereocenters.